The van der Waals surface area contributed by atoms with Gasteiger partial charge in [0.15, 0.2) is 5.65 Å². The third-order valence-corrected chi connectivity index (χ3v) is 3.98. The minimum absolute atomic E-state index is 0.151. The van der Waals surface area contributed by atoms with Crippen LogP contribution in [-0.2, 0) is 5.54 Å². The largest absolute Gasteiger partial charge is 0.283 e. The molecule has 1 amide bonds. The molecule has 2 aromatic heterocycles. The summed E-state index contributed by atoms with van der Waals surface area (Å²) in [5.74, 6) is -0.865. The Bertz CT molecular complexity index is 1130. The average Bonchev–Trinajstić information content (AvgIpc) is 3.02. The number of hydrogen-bond donors (Lipinski definition) is 1. The SMILES string of the molecule is CC(C)(C)n1ncc2c(=O)n(NC(=O)c3cc(Cl)ccc3[N+](=O)[O-])cnc21. The molecular weight excluding hydrogens is 376 g/mol. The molecule has 0 radical (unpaired) electrons. The van der Waals surface area contributed by atoms with Crippen molar-refractivity contribution in [2.75, 3.05) is 5.43 Å². The molecule has 3 aromatic rings. The van der Waals surface area contributed by atoms with Crippen LogP contribution in [0, 0.1) is 10.1 Å². The molecule has 0 aliphatic carbocycles. The number of aromatic nitrogens is 4. The lowest BCUT2D eigenvalue weighted by atomic mass is 10.1. The van der Waals surface area contributed by atoms with Gasteiger partial charge in [-0.25, -0.2) is 14.3 Å². The van der Waals surface area contributed by atoms with Crippen molar-refractivity contribution in [3.05, 3.63) is 61.8 Å². The second-order valence-electron chi connectivity index (χ2n) is 6.74. The molecule has 27 heavy (non-hydrogen) atoms. The molecule has 0 unspecified atom stereocenters. The van der Waals surface area contributed by atoms with E-state index in [1.165, 1.54) is 12.3 Å². The molecule has 2 heterocycles. The van der Waals surface area contributed by atoms with Crippen LogP contribution in [0.5, 0.6) is 0 Å². The number of rotatable bonds is 3. The summed E-state index contributed by atoms with van der Waals surface area (Å²) in [4.78, 5) is 39.7. The van der Waals surface area contributed by atoms with Crippen LogP contribution in [0.15, 0.2) is 35.5 Å². The van der Waals surface area contributed by atoms with Crippen LogP contribution in [-0.4, -0.2) is 30.3 Å². The number of nitro benzene ring substituents is 1. The molecule has 10 nitrogen and oxygen atoms in total. The van der Waals surface area contributed by atoms with Gasteiger partial charge < -0.3 is 0 Å². The van der Waals surface area contributed by atoms with Crippen molar-refractivity contribution in [3.63, 3.8) is 0 Å². The van der Waals surface area contributed by atoms with Gasteiger partial charge in [0.25, 0.3) is 17.2 Å². The third kappa shape index (κ3) is 3.38. The van der Waals surface area contributed by atoms with E-state index < -0.39 is 27.6 Å². The Balaban J connectivity index is 2.02. The van der Waals surface area contributed by atoms with Crippen LogP contribution in [0.4, 0.5) is 5.69 Å². The minimum atomic E-state index is -0.865. The standard InChI is InChI=1S/C16H15ClN6O4/c1-16(2,3)22-13-11(7-19-22)15(25)21(8-18-13)20-14(24)10-6-9(17)4-5-12(10)23(26)27/h4-8H,1-3H3,(H,20,24). The number of nitrogens with one attached hydrogen (secondary N) is 1. The molecular formula is C16H15ClN6O4. The molecule has 11 heteroatoms. The van der Waals surface area contributed by atoms with Gasteiger partial charge in [0.1, 0.15) is 17.3 Å². The van der Waals surface area contributed by atoms with E-state index in [9.17, 15) is 19.7 Å². The van der Waals surface area contributed by atoms with E-state index in [1.807, 2.05) is 20.8 Å². The highest BCUT2D eigenvalue weighted by atomic mass is 35.5. The average molecular weight is 391 g/mol. The Kier molecular flexibility index (Phi) is 4.44. The lowest BCUT2D eigenvalue weighted by Gasteiger charge is -2.19. The van der Waals surface area contributed by atoms with Gasteiger partial charge in [-0.05, 0) is 32.9 Å². The molecule has 3 rings (SSSR count). The summed E-state index contributed by atoms with van der Waals surface area (Å²) < 4.78 is 2.45. The number of amides is 1. The fourth-order valence-electron chi connectivity index (χ4n) is 2.50. The van der Waals surface area contributed by atoms with E-state index >= 15 is 0 Å². The zero-order chi connectivity index (χ0) is 19.9. The zero-order valence-corrected chi connectivity index (χ0v) is 15.4. The highest BCUT2D eigenvalue weighted by Crippen LogP contribution is 2.23. The molecule has 0 bridgehead atoms. The normalized spacial score (nSPS) is 11.6. The van der Waals surface area contributed by atoms with Crippen LogP contribution >= 0.6 is 11.6 Å². The molecule has 0 spiro atoms. The first kappa shape index (κ1) is 18.5. The summed E-state index contributed by atoms with van der Waals surface area (Å²) in [5, 5.41) is 15.6. The number of fused-ring (bicyclic) bond motifs is 1. The van der Waals surface area contributed by atoms with Crippen molar-refractivity contribution in [2.24, 2.45) is 0 Å². The first-order chi connectivity index (χ1) is 12.6. The third-order valence-electron chi connectivity index (χ3n) is 3.75. The molecule has 140 valence electrons. The van der Waals surface area contributed by atoms with Gasteiger partial charge in [0.2, 0.25) is 0 Å². The van der Waals surface area contributed by atoms with Crippen molar-refractivity contribution in [1.82, 2.24) is 19.4 Å². The summed E-state index contributed by atoms with van der Waals surface area (Å²) in [6.07, 6.45) is 2.49. The number of carbonyl (C=O) groups is 1. The number of nitro groups is 1. The smallest absolute Gasteiger partial charge is 0.267 e. The maximum absolute atomic E-state index is 12.6. The van der Waals surface area contributed by atoms with Crippen molar-refractivity contribution >= 4 is 34.2 Å². The van der Waals surface area contributed by atoms with E-state index in [1.54, 1.807) is 4.68 Å². The van der Waals surface area contributed by atoms with Gasteiger partial charge in [0, 0.05) is 11.1 Å². The van der Waals surface area contributed by atoms with E-state index in [2.05, 4.69) is 15.5 Å². The van der Waals surface area contributed by atoms with Gasteiger partial charge in [-0.2, -0.15) is 5.10 Å². The van der Waals surface area contributed by atoms with Gasteiger partial charge >= 0.3 is 0 Å². The topological polar surface area (TPSA) is 125 Å². The van der Waals surface area contributed by atoms with Gasteiger partial charge in [-0.3, -0.25) is 25.1 Å². The molecule has 0 aliphatic heterocycles. The quantitative estimate of drug-likeness (QED) is 0.540. The zero-order valence-electron chi connectivity index (χ0n) is 14.6. The number of carbonyl (C=O) groups excluding carboxylic acids is 1. The van der Waals surface area contributed by atoms with E-state index in [0.717, 1.165) is 23.1 Å². The van der Waals surface area contributed by atoms with Gasteiger partial charge in [-0.1, -0.05) is 11.6 Å². The molecule has 1 N–H and O–H groups in total. The Labute approximate surface area is 157 Å². The molecule has 0 aliphatic rings. The minimum Gasteiger partial charge on any atom is -0.267 e. The van der Waals surface area contributed by atoms with Crippen LogP contribution in [0.1, 0.15) is 31.1 Å². The van der Waals surface area contributed by atoms with Crippen molar-refractivity contribution < 1.29 is 9.72 Å². The molecule has 0 saturated heterocycles. The summed E-state index contributed by atoms with van der Waals surface area (Å²) >= 11 is 5.83. The Morgan fingerprint density at radius 2 is 2.04 bits per heavy atom. The molecule has 1 aromatic carbocycles. The summed E-state index contributed by atoms with van der Waals surface area (Å²) in [6, 6.07) is 3.58. The second-order valence-corrected chi connectivity index (χ2v) is 7.18. The molecule has 0 saturated carbocycles. The van der Waals surface area contributed by atoms with Gasteiger partial charge in [-0.15, -0.1) is 0 Å². The maximum Gasteiger partial charge on any atom is 0.283 e. The van der Waals surface area contributed by atoms with E-state index in [4.69, 9.17) is 11.6 Å². The predicted molar refractivity (Wildman–Crippen MR) is 98.6 cm³/mol. The lowest BCUT2D eigenvalue weighted by molar-refractivity contribution is -0.385. The second kappa shape index (κ2) is 6.47. The fraction of sp³-hybridized carbons (Fsp3) is 0.250. The maximum atomic E-state index is 12.6. The number of halogens is 1. The number of benzene rings is 1. The van der Waals surface area contributed by atoms with Crippen LogP contribution < -0.4 is 11.0 Å². The highest BCUT2D eigenvalue weighted by Gasteiger charge is 2.23. The Hall–Kier alpha value is -3.27. The fourth-order valence-corrected chi connectivity index (χ4v) is 2.67. The first-order valence-electron chi connectivity index (χ1n) is 7.81. The van der Waals surface area contributed by atoms with Crippen LogP contribution in [0.3, 0.4) is 0 Å². The molecule has 0 fully saturated rings. The number of nitrogens with zero attached hydrogens (tertiary/aromatic N) is 5. The van der Waals surface area contributed by atoms with E-state index in [0.29, 0.717) is 5.65 Å². The Morgan fingerprint density at radius 3 is 2.67 bits per heavy atom. The summed E-state index contributed by atoms with van der Waals surface area (Å²) in [6.45, 7) is 5.73. The molecule has 0 atom stereocenters. The van der Waals surface area contributed by atoms with Crippen LogP contribution in [0.2, 0.25) is 5.02 Å². The summed E-state index contributed by atoms with van der Waals surface area (Å²) in [7, 11) is 0. The predicted octanol–water partition coefficient (Wildman–Crippen LogP) is 2.29. The van der Waals surface area contributed by atoms with E-state index in [-0.39, 0.29) is 16.0 Å². The monoisotopic (exact) mass is 390 g/mol. The highest BCUT2D eigenvalue weighted by molar-refractivity contribution is 6.31. The van der Waals surface area contributed by atoms with Crippen LogP contribution in [0.25, 0.3) is 11.0 Å². The van der Waals surface area contributed by atoms with Gasteiger partial charge in [0.05, 0.1) is 16.7 Å². The Morgan fingerprint density at radius 1 is 1.33 bits per heavy atom. The van der Waals surface area contributed by atoms with Crippen molar-refractivity contribution in [1.29, 1.82) is 0 Å². The lowest BCUT2D eigenvalue weighted by Crippen LogP contribution is -2.34. The van der Waals surface area contributed by atoms with Crippen molar-refractivity contribution in [2.45, 2.75) is 26.3 Å². The summed E-state index contributed by atoms with van der Waals surface area (Å²) in [5.41, 5.74) is 1.00. The van der Waals surface area contributed by atoms with Crippen molar-refractivity contribution in [3.8, 4) is 0 Å². The first-order valence-corrected chi connectivity index (χ1v) is 8.18. The number of hydrogen-bond acceptors (Lipinski definition) is 6.